The summed E-state index contributed by atoms with van der Waals surface area (Å²) >= 11 is 0. The Bertz CT molecular complexity index is 979. The first-order valence-electron chi connectivity index (χ1n) is 8.04. The first kappa shape index (κ1) is 17.3. The highest BCUT2D eigenvalue weighted by molar-refractivity contribution is 5.97. The zero-order valence-corrected chi connectivity index (χ0v) is 14.1. The van der Waals surface area contributed by atoms with Gasteiger partial charge in [-0.1, -0.05) is 18.2 Å². The summed E-state index contributed by atoms with van der Waals surface area (Å²) in [5.41, 5.74) is 1.38. The Kier molecular flexibility index (Phi) is 5.02. The molecule has 8 nitrogen and oxygen atoms in total. The molecule has 0 fully saturated rings. The van der Waals surface area contributed by atoms with Crippen molar-refractivity contribution in [3.8, 4) is 5.88 Å². The van der Waals surface area contributed by atoms with Gasteiger partial charge in [0, 0.05) is 24.3 Å². The van der Waals surface area contributed by atoms with E-state index in [1.165, 1.54) is 6.20 Å². The highest BCUT2D eigenvalue weighted by atomic mass is 16.3. The topological polar surface area (TPSA) is 109 Å². The maximum Gasteiger partial charge on any atom is 0.283 e. The lowest BCUT2D eigenvalue weighted by atomic mass is 10.2. The first-order chi connectivity index (χ1) is 12.6. The van der Waals surface area contributed by atoms with Crippen LogP contribution in [0.25, 0.3) is 10.9 Å². The smallest absolute Gasteiger partial charge is 0.283 e. The highest BCUT2D eigenvalue weighted by Gasteiger charge is 2.15. The second kappa shape index (κ2) is 7.56. The molecule has 0 spiro atoms. The second-order valence-corrected chi connectivity index (χ2v) is 5.45. The molecule has 2 amide bonds. The number of aryl methyl sites for hydroxylation is 1. The van der Waals surface area contributed by atoms with Crippen LogP contribution >= 0.6 is 0 Å². The molecule has 0 aliphatic rings. The molecular formula is C18H17N5O3. The summed E-state index contributed by atoms with van der Waals surface area (Å²) in [5, 5.41) is 21.0. The third-order valence-electron chi connectivity index (χ3n) is 3.82. The molecule has 0 atom stereocenters. The van der Waals surface area contributed by atoms with E-state index in [0.717, 1.165) is 5.52 Å². The zero-order chi connectivity index (χ0) is 18.5. The zero-order valence-electron chi connectivity index (χ0n) is 14.1. The maximum absolute atomic E-state index is 11.9. The van der Waals surface area contributed by atoms with Crippen LogP contribution in [0, 0.1) is 0 Å². The molecule has 0 aliphatic heterocycles. The van der Waals surface area contributed by atoms with Gasteiger partial charge in [-0.15, -0.1) is 10.2 Å². The molecule has 2 aromatic heterocycles. The number of aromatic hydroxyl groups is 1. The molecule has 0 aliphatic carbocycles. The van der Waals surface area contributed by atoms with Crippen molar-refractivity contribution in [2.75, 3.05) is 6.54 Å². The van der Waals surface area contributed by atoms with E-state index in [1.54, 1.807) is 29.0 Å². The van der Waals surface area contributed by atoms with E-state index in [1.807, 2.05) is 25.1 Å². The van der Waals surface area contributed by atoms with E-state index >= 15 is 0 Å². The third kappa shape index (κ3) is 3.44. The Hall–Kier alpha value is -3.55. The van der Waals surface area contributed by atoms with Gasteiger partial charge in [-0.2, -0.15) is 0 Å². The summed E-state index contributed by atoms with van der Waals surface area (Å²) in [4.78, 5) is 27.6. The van der Waals surface area contributed by atoms with Gasteiger partial charge in [0.05, 0.1) is 11.1 Å². The van der Waals surface area contributed by atoms with Crippen LogP contribution in [-0.2, 0) is 11.3 Å². The normalized spacial score (nSPS) is 11.1. The lowest BCUT2D eigenvalue weighted by molar-refractivity contribution is -0.117. The van der Waals surface area contributed by atoms with Crippen molar-refractivity contribution in [3.63, 3.8) is 0 Å². The van der Waals surface area contributed by atoms with E-state index in [0.29, 0.717) is 17.5 Å². The van der Waals surface area contributed by atoms with E-state index in [9.17, 15) is 14.7 Å². The number of pyridine rings is 1. The average molecular weight is 351 g/mol. The number of para-hydroxylation sites is 1. The van der Waals surface area contributed by atoms with Gasteiger partial charge < -0.3 is 15.0 Å². The number of carbonyl (C=O) groups excluding carboxylic acids is 2. The molecule has 3 aromatic rings. The van der Waals surface area contributed by atoms with E-state index < -0.39 is 11.8 Å². The van der Waals surface area contributed by atoms with Crippen molar-refractivity contribution in [3.05, 3.63) is 54.4 Å². The van der Waals surface area contributed by atoms with Crippen molar-refractivity contribution in [1.29, 1.82) is 0 Å². The first-order valence-corrected chi connectivity index (χ1v) is 8.04. The average Bonchev–Trinajstić information content (AvgIpc) is 2.95. The SMILES string of the molecule is CCn1c(O)c(N=NC(=O)CNC(=O)c2cccnc2)c2ccccc21. The number of amides is 2. The van der Waals surface area contributed by atoms with Gasteiger partial charge in [0.2, 0.25) is 5.88 Å². The molecule has 0 bridgehead atoms. The number of nitrogens with zero attached hydrogens (tertiary/aromatic N) is 4. The number of aromatic nitrogens is 2. The lowest BCUT2D eigenvalue weighted by Gasteiger charge is -2.01. The minimum Gasteiger partial charge on any atom is -0.493 e. The van der Waals surface area contributed by atoms with E-state index in [-0.39, 0.29) is 18.1 Å². The lowest BCUT2D eigenvalue weighted by Crippen LogP contribution is -2.28. The molecule has 2 heterocycles. The number of nitrogens with one attached hydrogen (secondary N) is 1. The number of carbonyl (C=O) groups is 2. The molecule has 2 N–H and O–H groups in total. The van der Waals surface area contributed by atoms with Crippen molar-refractivity contribution < 1.29 is 14.7 Å². The highest BCUT2D eigenvalue weighted by Crippen LogP contribution is 2.38. The fourth-order valence-electron chi connectivity index (χ4n) is 2.59. The summed E-state index contributed by atoms with van der Waals surface area (Å²) in [7, 11) is 0. The third-order valence-corrected chi connectivity index (χ3v) is 3.82. The summed E-state index contributed by atoms with van der Waals surface area (Å²) < 4.78 is 1.68. The maximum atomic E-state index is 11.9. The molecule has 0 saturated carbocycles. The van der Waals surface area contributed by atoms with Crippen molar-refractivity contribution >= 4 is 28.4 Å². The molecular weight excluding hydrogens is 334 g/mol. The van der Waals surface area contributed by atoms with Crippen molar-refractivity contribution in [2.45, 2.75) is 13.5 Å². The van der Waals surface area contributed by atoms with Crippen LogP contribution in [0.2, 0.25) is 0 Å². The summed E-state index contributed by atoms with van der Waals surface area (Å²) in [6.07, 6.45) is 2.95. The fraction of sp³-hybridized carbons (Fsp3) is 0.167. The van der Waals surface area contributed by atoms with E-state index in [2.05, 4.69) is 20.5 Å². The minimum absolute atomic E-state index is 0.0513. The molecule has 1 aromatic carbocycles. The summed E-state index contributed by atoms with van der Waals surface area (Å²) in [6.45, 7) is 2.15. The largest absolute Gasteiger partial charge is 0.493 e. The summed E-state index contributed by atoms with van der Waals surface area (Å²) in [5.74, 6) is -1.10. The molecule has 26 heavy (non-hydrogen) atoms. The monoisotopic (exact) mass is 351 g/mol. The minimum atomic E-state index is -0.630. The standard InChI is InChI=1S/C18H17N5O3/c1-2-23-14-8-4-3-7-13(14)16(18(23)26)22-21-15(24)11-20-17(25)12-6-5-9-19-10-12/h3-10,26H,2,11H2,1H3,(H,20,25). The van der Waals surface area contributed by atoms with Crippen LogP contribution in [0.4, 0.5) is 5.69 Å². The van der Waals surface area contributed by atoms with Crippen molar-refractivity contribution in [1.82, 2.24) is 14.9 Å². The van der Waals surface area contributed by atoms with Crippen molar-refractivity contribution in [2.24, 2.45) is 10.2 Å². The Labute approximate surface area is 149 Å². The van der Waals surface area contributed by atoms with Crippen LogP contribution < -0.4 is 5.32 Å². The van der Waals surface area contributed by atoms with E-state index in [4.69, 9.17) is 0 Å². The Morgan fingerprint density at radius 3 is 2.77 bits per heavy atom. The van der Waals surface area contributed by atoms with Gasteiger partial charge in [-0.25, -0.2) is 0 Å². The number of hydrogen-bond donors (Lipinski definition) is 2. The quantitative estimate of drug-likeness (QED) is 0.689. The Morgan fingerprint density at radius 2 is 2.04 bits per heavy atom. The van der Waals surface area contributed by atoms with Crippen LogP contribution in [0.5, 0.6) is 5.88 Å². The van der Waals surface area contributed by atoms with Gasteiger partial charge >= 0.3 is 0 Å². The Balaban J connectivity index is 1.72. The van der Waals surface area contributed by atoms with Gasteiger partial charge in [0.1, 0.15) is 6.54 Å². The van der Waals surface area contributed by atoms with Gasteiger partial charge in [-0.05, 0) is 25.1 Å². The molecule has 0 unspecified atom stereocenters. The molecule has 8 heteroatoms. The second-order valence-electron chi connectivity index (χ2n) is 5.45. The fourth-order valence-corrected chi connectivity index (χ4v) is 2.59. The number of rotatable bonds is 5. The van der Waals surface area contributed by atoms with Crippen LogP contribution in [0.3, 0.4) is 0 Å². The number of hydrogen-bond acceptors (Lipinski definition) is 5. The molecule has 3 rings (SSSR count). The van der Waals surface area contributed by atoms with Gasteiger partial charge in [0.15, 0.2) is 5.69 Å². The van der Waals surface area contributed by atoms with Crippen LogP contribution in [0.15, 0.2) is 59.0 Å². The van der Waals surface area contributed by atoms with Crippen LogP contribution in [0.1, 0.15) is 17.3 Å². The number of fused-ring (bicyclic) bond motifs is 1. The number of azo groups is 1. The van der Waals surface area contributed by atoms with Gasteiger partial charge in [-0.3, -0.25) is 14.6 Å². The van der Waals surface area contributed by atoms with Gasteiger partial charge in [0.25, 0.3) is 11.8 Å². The molecule has 0 radical (unpaired) electrons. The predicted octanol–water partition coefficient (Wildman–Crippen LogP) is 2.80. The molecule has 0 saturated heterocycles. The van der Waals surface area contributed by atoms with Crippen LogP contribution in [-0.4, -0.2) is 33.0 Å². The number of benzene rings is 1. The predicted molar refractivity (Wildman–Crippen MR) is 95.4 cm³/mol. The molecule has 132 valence electrons. The Morgan fingerprint density at radius 1 is 1.23 bits per heavy atom. The summed E-state index contributed by atoms with van der Waals surface area (Å²) in [6, 6.07) is 10.5.